The summed E-state index contributed by atoms with van der Waals surface area (Å²) in [6.45, 7) is 12.4. The Morgan fingerprint density at radius 3 is 2.58 bits per heavy atom. The van der Waals surface area contributed by atoms with Gasteiger partial charge in [0.1, 0.15) is 0 Å². The van der Waals surface area contributed by atoms with E-state index in [9.17, 15) is 5.11 Å². The second-order valence-corrected chi connectivity index (χ2v) is 6.45. The Hall–Kier alpha value is -0.860. The molecule has 2 nitrogen and oxygen atoms in total. The molecule has 2 heteroatoms. The number of rotatable bonds is 7. The zero-order valence-electron chi connectivity index (χ0n) is 13.1. The first-order valence-electron chi connectivity index (χ1n) is 7.29. The van der Waals surface area contributed by atoms with Gasteiger partial charge >= 0.3 is 0 Å². The monoisotopic (exact) mass is 263 g/mol. The van der Waals surface area contributed by atoms with Crippen LogP contribution >= 0.6 is 0 Å². The largest absolute Gasteiger partial charge is 0.390 e. The van der Waals surface area contributed by atoms with Gasteiger partial charge in [-0.15, -0.1) is 0 Å². The lowest BCUT2D eigenvalue weighted by atomic mass is 9.90. The zero-order valence-corrected chi connectivity index (χ0v) is 13.1. The van der Waals surface area contributed by atoms with Crippen LogP contribution in [0.3, 0.4) is 0 Å². The van der Waals surface area contributed by atoms with Gasteiger partial charge in [0, 0.05) is 6.42 Å². The van der Waals surface area contributed by atoms with Gasteiger partial charge < -0.3 is 10.4 Å². The summed E-state index contributed by atoms with van der Waals surface area (Å²) in [4.78, 5) is 0. The van der Waals surface area contributed by atoms with Crippen LogP contribution in [0.25, 0.3) is 0 Å². The van der Waals surface area contributed by atoms with Gasteiger partial charge in [0.25, 0.3) is 0 Å². The maximum Gasteiger partial charge on any atom is 0.0672 e. The van der Waals surface area contributed by atoms with Crippen molar-refractivity contribution in [1.82, 2.24) is 5.32 Å². The summed E-state index contributed by atoms with van der Waals surface area (Å²) < 4.78 is 0. The number of hydrogen-bond donors (Lipinski definition) is 2. The van der Waals surface area contributed by atoms with Gasteiger partial charge in [-0.1, -0.05) is 37.6 Å². The summed E-state index contributed by atoms with van der Waals surface area (Å²) in [5, 5.41) is 13.9. The predicted octanol–water partition coefficient (Wildman–Crippen LogP) is 3.23. The standard InChI is InChI=1S/C17H29NO/c1-13(2)12-18-9-8-17(5,19)11-16-10-14(3)6-7-15(16)4/h6-7,10,13,18-19H,8-9,11-12H2,1-5H3. The van der Waals surface area contributed by atoms with Crippen molar-refractivity contribution in [2.75, 3.05) is 13.1 Å². The van der Waals surface area contributed by atoms with Crippen molar-refractivity contribution in [3.63, 3.8) is 0 Å². The first kappa shape index (κ1) is 16.2. The Morgan fingerprint density at radius 1 is 1.26 bits per heavy atom. The molecule has 1 aromatic carbocycles. The third kappa shape index (κ3) is 6.22. The van der Waals surface area contributed by atoms with Gasteiger partial charge in [-0.2, -0.15) is 0 Å². The summed E-state index contributed by atoms with van der Waals surface area (Å²) in [6, 6.07) is 6.45. The maximum atomic E-state index is 10.5. The van der Waals surface area contributed by atoms with E-state index in [4.69, 9.17) is 0 Å². The summed E-state index contributed by atoms with van der Waals surface area (Å²) in [5.74, 6) is 0.656. The van der Waals surface area contributed by atoms with Crippen molar-refractivity contribution in [2.24, 2.45) is 5.92 Å². The van der Waals surface area contributed by atoms with Crippen LogP contribution < -0.4 is 5.32 Å². The fourth-order valence-corrected chi connectivity index (χ4v) is 2.24. The minimum absolute atomic E-state index is 0.636. The van der Waals surface area contributed by atoms with Gasteiger partial charge in [-0.3, -0.25) is 0 Å². The van der Waals surface area contributed by atoms with Crippen molar-refractivity contribution >= 4 is 0 Å². The van der Waals surface area contributed by atoms with Crippen LogP contribution in [-0.2, 0) is 6.42 Å². The van der Waals surface area contributed by atoms with E-state index in [-0.39, 0.29) is 0 Å². The molecule has 1 unspecified atom stereocenters. The molecule has 19 heavy (non-hydrogen) atoms. The summed E-state index contributed by atoms with van der Waals surface area (Å²) in [6.07, 6.45) is 1.51. The Bertz CT molecular complexity index is 396. The lowest BCUT2D eigenvalue weighted by Crippen LogP contribution is -2.33. The average molecular weight is 263 g/mol. The highest BCUT2D eigenvalue weighted by atomic mass is 16.3. The molecule has 0 aliphatic carbocycles. The zero-order chi connectivity index (χ0) is 14.5. The molecule has 1 aromatic rings. The molecule has 108 valence electrons. The van der Waals surface area contributed by atoms with Gasteiger partial charge in [-0.25, -0.2) is 0 Å². The SMILES string of the molecule is Cc1ccc(C)c(CC(C)(O)CCNCC(C)C)c1. The highest BCUT2D eigenvalue weighted by Gasteiger charge is 2.21. The van der Waals surface area contributed by atoms with E-state index in [0.29, 0.717) is 5.92 Å². The molecular formula is C17H29NO. The van der Waals surface area contributed by atoms with Crippen molar-refractivity contribution in [3.8, 4) is 0 Å². The van der Waals surface area contributed by atoms with Crippen LogP contribution in [0.2, 0.25) is 0 Å². The second-order valence-electron chi connectivity index (χ2n) is 6.45. The molecule has 0 amide bonds. The fraction of sp³-hybridized carbons (Fsp3) is 0.647. The summed E-state index contributed by atoms with van der Waals surface area (Å²) >= 11 is 0. The Balaban J connectivity index is 2.51. The van der Waals surface area contributed by atoms with Crippen LogP contribution in [0, 0.1) is 19.8 Å². The molecule has 0 saturated heterocycles. The van der Waals surface area contributed by atoms with Gasteiger partial charge in [-0.05, 0) is 57.3 Å². The highest BCUT2D eigenvalue weighted by molar-refractivity contribution is 5.31. The van der Waals surface area contributed by atoms with Gasteiger partial charge in [0.15, 0.2) is 0 Å². The molecule has 0 heterocycles. The quantitative estimate of drug-likeness (QED) is 0.740. The van der Waals surface area contributed by atoms with E-state index in [1.165, 1.54) is 16.7 Å². The van der Waals surface area contributed by atoms with Gasteiger partial charge in [0.2, 0.25) is 0 Å². The molecule has 0 aliphatic rings. The lowest BCUT2D eigenvalue weighted by molar-refractivity contribution is 0.0512. The van der Waals surface area contributed by atoms with Crippen LogP contribution in [0.4, 0.5) is 0 Å². The maximum absolute atomic E-state index is 10.5. The summed E-state index contributed by atoms with van der Waals surface area (Å²) in [5.41, 5.74) is 3.15. The van der Waals surface area contributed by atoms with Gasteiger partial charge in [0.05, 0.1) is 5.60 Å². The number of nitrogens with one attached hydrogen (secondary N) is 1. The van der Waals surface area contributed by atoms with E-state index in [2.05, 4.69) is 51.2 Å². The normalized spacial score (nSPS) is 14.7. The molecule has 0 bridgehead atoms. The molecule has 1 atom stereocenters. The van der Waals surface area contributed by atoms with Crippen LogP contribution in [-0.4, -0.2) is 23.8 Å². The number of benzene rings is 1. The topological polar surface area (TPSA) is 32.3 Å². The smallest absolute Gasteiger partial charge is 0.0672 e. The van der Waals surface area contributed by atoms with Crippen molar-refractivity contribution in [3.05, 3.63) is 34.9 Å². The predicted molar refractivity (Wildman–Crippen MR) is 82.6 cm³/mol. The third-order valence-electron chi connectivity index (χ3n) is 3.47. The van der Waals surface area contributed by atoms with E-state index < -0.39 is 5.60 Å². The van der Waals surface area contributed by atoms with Crippen LogP contribution in [0.5, 0.6) is 0 Å². The fourth-order valence-electron chi connectivity index (χ4n) is 2.24. The Morgan fingerprint density at radius 2 is 1.95 bits per heavy atom. The first-order chi connectivity index (χ1) is 8.80. The molecule has 0 saturated carbocycles. The number of aryl methyl sites for hydroxylation is 2. The molecule has 0 aromatic heterocycles. The molecular weight excluding hydrogens is 234 g/mol. The van der Waals surface area contributed by atoms with Crippen LogP contribution in [0.1, 0.15) is 43.9 Å². The van der Waals surface area contributed by atoms with Crippen molar-refractivity contribution < 1.29 is 5.11 Å². The minimum Gasteiger partial charge on any atom is -0.390 e. The first-order valence-corrected chi connectivity index (χ1v) is 7.29. The summed E-state index contributed by atoms with van der Waals surface area (Å²) in [7, 11) is 0. The van der Waals surface area contributed by atoms with E-state index in [0.717, 1.165) is 25.9 Å². The second kappa shape index (κ2) is 7.06. The van der Waals surface area contributed by atoms with Crippen molar-refractivity contribution in [1.29, 1.82) is 0 Å². The third-order valence-corrected chi connectivity index (χ3v) is 3.47. The number of hydrogen-bond acceptors (Lipinski definition) is 2. The Labute approximate surface area is 118 Å². The van der Waals surface area contributed by atoms with Crippen molar-refractivity contribution in [2.45, 2.75) is 53.1 Å². The molecule has 0 aliphatic heterocycles. The van der Waals surface area contributed by atoms with E-state index in [1.54, 1.807) is 0 Å². The van der Waals surface area contributed by atoms with E-state index in [1.807, 2.05) is 6.92 Å². The molecule has 0 spiro atoms. The number of aliphatic hydroxyl groups is 1. The van der Waals surface area contributed by atoms with E-state index >= 15 is 0 Å². The lowest BCUT2D eigenvalue weighted by Gasteiger charge is -2.25. The molecule has 0 radical (unpaired) electrons. The Kier molecular flexibility index (Phi) is 6.02. The molecule has 0 fully saturated rings. The average Bonchev–Trinajstić information content (AvgIpc) is 2.29. The molecule has 1 rings (SSSR count). The molecule has 2 N–H and O–H groups in total. The minimum atomic E-state index is -0.636. The highest BCUT2D eigenvalue weighted by Crippen LogP contribution is 2.20. The van der Waals surface area contributed by atoms with Crippen LogP contribution in [0.15, 0.2) is 18.2 Å².